The van der Waals surface area contributed by atoms with Crippen LogP contribution < -0.4 is 10.6 Å². The predicted molar refractivity (Wildman–Crippen MR) is 59.5 cm³/mol. The highest BCUT2D eigenvalue weighted by Gasteiger charge is 2.01. The van der Waals surface area contributed by atoms with E-state index in [4.69, 9.17) is 0 Å². The van der Waals surface area contributed by atoms with Crippen molar-refractivity contribution in [2.75, 3.05) is 19.6 Å². The first-order valence-electron chi connectivity index (χ1n) is 5.19. The zero-order valence-corrected chi connectivity index (χ0v) is 8.99. The number of amides is 1. The lowest BCUT2D eigenvalue weighted by atomic mass is 10.2. The van der Waals surface area contributed by atoms with Gasteiger partial charge in [-0.1, -0.05) is 6.92 Å². The lowest BCUT2D eigenvalue weighted by Gasteiger charge is -2.05. The van der Waals surface area contributed by atoms with Crippen molar-refractivity contribution in [2.45, 2.75) is 13.3 Å². The first kappa shape index (κ1) is 11.7. The molecule has 82 valence electrons. The molecule has 1 aromatic rings. The number of nitrogens with one attached hydrogen (secondary N) is 2. The standard InChI is InChI=1S/C11H17N3O/c1-2-12-7-8-14-11(15)9-10-3-5-13-6-4-10/h3-6,12H,2,7-9H2,1H3,(H,14,15). The molecule has 0 spiro atoms. The third-order valence-electron chi connectivity index (χ3n) is 1.99. The van der Waals surface area contributed by atoms with Crippen molar-refractivity contribution in [3.63, 3.8) is 0 Å². The number of hydrogen-bond donors (Lipinski definition) is 2. The molecule has 0 bridgehead atoms. The molecule has 0 saturated heterocycles. The Hall–Kier alpha value is -1.42. The van der Waals surface area contributed by atoms with Gasteiger partial charge >= 0.3 is 0 Å². The summed E-state index contributed by atoms with van der Waals surface area (Å²) >= 11 is 0. The van der Waals surface area contributed by atoms with Crippen LogP contribution in [0.1, 0.15) is 12.5 Å². The van der Waals surface area contributed by atoms with Crippen LogP contribution in [0.3, 0.4) is 0 Å². The molecular formula is C11H17N3O. The fourth-order valence-electron chi connectivity index (χ4n) is 1.22. The van der Waals surface area contributed by atoms with Crippen LogP contribution in [-0.4, -0.2) is 30.5 Å². The molecule has 15 heavy (non-hydrogen) atoms. The molecule has 1 rings (SSSR count). The van der Waals surface area contributed by atoms with E-state index in [1.807, 2.05) is 19.1 Å². The maximum absolute atomic E-state index is 11.4. The first-order valence-corrected chi connectivity index (χ1v) is 5.19. The highest BCUT2D eigenvalue weighted by Crippen LogP contribution is 1.96. The second-order valence-corrected chi connectivity index (χ2v) is 3.24. The van der Waals surface area contributed by atoms with Crippen LogP contribution in [0.15, 0.2) is 24.5 Å². The Morgan fingerprint density at radius 3 is 2.73 bits per heavy atom. The molecular weight excluding hydrogens is 190 g/mol. The molecule has 0 aliphatic rings. The summed E-state index contributed by atoms with van der Waals surface area (Å²) < 4.78 is 0. The van der Waals surface area contributed by atoms with E-state index in [9.17, 15) is 4.79 Å². The Morgan fingerprint density at radius 1 is 1.33 bits per heavy atom. The van der Waals surface area contributed by atoms with Crippen molar-refractivity contribution in [3.05, 3.63) is 30.1 Å². The van der Waals surface area contributed by atoms with Gasteiger partial charge in [0.05, 0.1) is 6.42 Å². The summed E-state index contributed by atoms with van der Waals surface area (Å²) in [4.78, 5) is 15.3. The molecule has 0 radical (unpaired) electrons. The molecule has 1 aromatic heterocycles. The third kappa shape index (κ3) is 5.12. The van der Waals surface area contributed by atoms with Gasteiger partial charge in [0.1, 0.15) is 0 Å². The van der Waals surface area contributed by atoms with Crippen LogP contribution in [0, 0.1) is 0 Å². The summed E-state index contributed by atoms with van der Waals surface area (Å²) in [5.41, 5.74) is 0.992. The fourth-order valence-corrected chi connectivity index (χ4v) is 1.22. The molecule has 2 N–H and O–H groups in total. The average molecular weight is 207 g/mol. The second-order valence-electron chi connectivity index (χ2n) is 3.24. The molecule has 1 heterocycles. The third-order valence-corrected chi connectivity index (χ3v) is 1.99. The van der Waals surface area contributed by atoms with Crippen LogP contribution in [0.2, 0.25) is 0 Å². The average Bonchev–Trinajstić information content (AvgIpc) is 2.26. The van der Waals surface area contributed by atoms with Crippen molar-refractivity contribution < 1.29 is 4.79 Å². The molecule has 0 aliphatic carbocycles. The smallest absolute Gasteiger partial charge is 0.224 e. The van der Waals surface area contributed by atoms with Crippen LogP contribution in [0.4, 0.5) is 0 Å². The lowest BCUT2D eigenvalue weighted by Crippen LogP contribution is -2.32. The fraction of sp³-hybridized carbons (Fsp3) is 0.455. The molecule has 4 heteroatoms. The second kappa shape index (κ2) is 6.95. The number of hydrogen-bond acceptors (Lipinski definition) is 3. The minimum Gasteiger partial charge on any atom is -0.355 e. The number of nitrogens with zero attached hydrogens (tertiary/aromatic N) is 1. The summed E-state index contributed by atoms with van der Waals surface area (Å²) in [5.74, 6) is 0.0547. The molecule has 0 aromatic carbocycles. The van der Waals surface area contributed by atoms with E-state index in [-0.39, 0.29) is 5.91 Å². The van der Waals surface area contributed by atoms with E-state index in [2.05, 4.69) is 15.6 Å². The van der Waals surface area contributed by atoms with Gasteiger partial charge in [-0.2, -0.15) is 0 Å². The Balaban J connectivity index is 2.19. The first-order chi connectivity index (χ1) is 7.33. The zero-order chi connectivity index (χ0) is 10.9. The topological polar surface area (TPSA) is 54.0 Å². The minimum atomic E-state index is 0.0547. The molecule has 0 fully saturated rings. The van der Waals surface area contributed by atoms with Gasteiger partial charge in [0, 0.05) is 25.5 Å². The number of pyridine rings is 1. The van der Waals surface area contributed by atoms with Crippen molar-refractivity contribution in [3.8, 4) is 0 Å². The predicted octanol–water partition coefficient (Wildman–Crippen LogP) is 0.350. The van der Waals surface area contributed by atoms with Gasteiger partial charge in [0.25, 0.3) is 0 Å². The van der Waals surface area contributed by atoms with Crippen molar-refractivity contribution in [1.82, 2.24) is 15.6 Å². The van der Waals surface area contributed by atoms with E-state index >= 15 is 0 Å². The van der Waals surface area contributed by atoms with Crippen LogP contribution in [0.5, 0.6) is 0 Å². The Kier molecular flexibility index (Phi) is 5.40. The van der Waals surface area contributed by atoms with Gasteiger partial charge in [-0.15, -0.1) is 0 Å². The minimum absolute atomic E-state index is 0.0547. The van der Waals surface area contributed by atoms with Gasteiger partial charge in [0.15, 0.2) is 0 Å². The van der Waals surface area contributed by atoms with Gasteiger partial charge in [-0.3, -0.25) is 9.78 Å². The van der Waals surface area contributed by atoms with Gasteiger partial charge in [-0.05, 0) is 24.2 Å². The van der Waals surface area contributed by atoms with Crippen molar-refractivity contribution in [1.29, 1.82) is 0 Å². The van der Waals surface area contributed by atoms with E-state index in [0.29, 0.717) is 13.0 Å². The summed E-state index contributed by atoms with van der Waals surface area (Å²) in [7, 11) is 0. The normalized spacial score (nSPS) is 9.93. The monoisotopic (exact) mass is 207 g/mol. The summed E-state index contributed by atoms with van der Waals surface area (Å²) in [6.45, 7) is 4.47. The summed E-state index contributed by atoms with van der Waals surface area (Å²) in [6, 6.07) is 3.70. The van der Waals surface area contributed by atoms with Crippen molar-refractivity contribution >= 4 is 5.91 Å². The maximum Gasteiger partial charge on any atom is 0.224 e. The highest BCUT2D eigenvalue weighted by molar-refractivity contribution is 5.78. The zero-order valence-electron chi connectivity index (χ0n) is 8.99. The molecule has 4 nitrogen and oxygen atoms in total. The van der Waals surface area contributed by atoms with E-state index in [0.717, 1.165) is 18.7 Å². The van der Waals surface area contributed by atoms with Crippen LogP contribution in [-0.2, 0) is 11.2 Å². The van der Waals surface area contributed by atoms with Gasteiger partial charge in [0.2, 0.25) is 5.91 Å². The summed E-state index contributed by atoms with van der Waals surface area (Å²) in [6.07, 6.45) is 3.82. The largest absolute Gasteiger partial charge is 0.355 e. The van der Waals surface area contributed by atoms with E-state index in [1.54, 1.807) is 12.4 Å². The van der Waals surface area contributed by atoms with Gasteiger partial charge < -0.3 is 10.6 Å². The van der Waals surface area contributed by atoms with E-state index in [1.165, 1.54) is 0 Å². The van der Waals surface area contributed by atoms with Crippen LogP contribution >= 0.6 is 0 Å². The molecule has 0 unspecified atom stereocenters. The Morgan fingerprint density at radius 2 is 2.07 bits per heavy atom. The Labute approximate surface area is 90.1 Å². The molecule has 0 aliphatic heterocycles. The van der Waals surface area contributed by atoms with Crippen LogP contribution in [0.25, 0.3) is 0 Å². The number of rotatable bonds is 6. The maximum atomic E-state index is 11.4. The number of carbonyl (C=O) groups excluding carboxylic acids is 1. The number of likely N-dealkylation sites (N-methyl/N-ethyl adjacent to an activating group) is 1. The quantitative estimate of drug-likeness (QED) is 0.662. The SMILES string of the molecule is CCNCCNC(=O)Cc1ccncc1. The number of carbonyl (C=O) groups is 1. The van der Waals surface area contributed by atoms with Crippen molar-refractivity contribution in [2.24, 2.45) is 0 Å². The van der Waals surface area contributed by atoms with Gasteiger partial charge in [-0.25, -0.2) is 0 Å². The number of aromatic nitrogens is 1. The highest BCUT2D eigenvalue weighted by atomic mass is 16.1. The molecule has 0 atom stereocenters. The molecule has 0 saturated carbocycles. The Bertz CT molecular complexity index is 287. The lowest BCUT2D eigenvalue weighted by molar-refractivity contribution is -0.120. The summed E-state index contributed by atoms with van der Waals surface area (Å²) in [5, 5.41) is 5.99. The van der Waals surface area contributed by atoms with E-state index < -0.39 is 0 Å². The molecule has 1 amide bonds.